The number of guanidine groups is 1. The van der Waals surface area contributed by atoms with Crippen LogP contribution in [0.15, 0.2) is 60.1 Å². The summed E-state index contributed by atoms with van der Waals surface area (Å²) in [6.07, 6.45) is 7.48. The van der Waals surface area contributed by atoms with Gasteiger partial charge in [-0.15, -0.1) is 24.0 Å². The smallest absolute Gasteiger partial charge is 0.194 e. The number of pyridine rings is 1. The summed E-state index contributed by atoms with van der Waals surface area (Å²) in [6, 6.07) is 10.1. The van der Waals surface area contributed by atoms with Crippen molar-refractivity contribution in [3.05, 3.63) is 66.4 Å². The molecule has 0 atom stereocenters. The summed E-state index contributed by atoms with van der Waals surface area (Å²) in [5, 5.41) is 7.59. The number of aryl methyl sites for hydroxylation is 1. The number of halogens is 1. The van der Waals surface area contributed by atoms with E-state index < -0.39 is 0 Å². The molecule has 0 spiro atoms. The van der Waals surface area contributed by atoms with Crippen LogP contribution in [0.1, 0.15) is 18.2 Å². The highest BCUT2D eigenvalue weighted by atomic mass is 127. The Hall–Kier alpha value is -2.36. The number of rotatable bonds is 6. The van der Waals surface area contributed by atoms with E-state index >= 15 is 0 Å². The molecular formula is C19H26IN7. The Morgan fingerprint density at radius 1 is 1.22 bits per heavy atom. The summed E-state index contributed by atoms with van der Waals surface area (Å²) in [4.78, 5) is 11.3. The molecule has 8 heteroatoms. The second-order valence-corrected chi connectivity index (χ2v) is 6.11. The molecule has 0 aliphatic carbocycles. The average Bonchev–Trinajstić information content (AvgIpc) is 3.31. The maximum absolute atomic E-state index is 4.78. The fourth-order valence-electron chi connectivity index (χ4n) is 2.70. The quantitative estimate of drug-likeness (QED) is 0.336. The number of nitrogens with one attached hydrogen (secondary N) is 1. The van der Waals surface area contributed by atoms with E-state index in [-0.39, 0.29) is 24.0 Å². The molecule has 0 fully saturated rings. The molecular weight excluding hydrogens is 453 g/mol. The molecule has 0 amide bonds. The van der Waals surface area contributed by atoms with Crippen molar-refractivity contribution in [2.45, 2.75) is 20.0 Å². The summed E-state index contributed by atoms with van der Waals surface area (Å²) >= 11 is 0. The normalized spacial score (nSPS) is 11.1. The lowest BCUT2D eigenvalue weighted by molar-refractivity contribution is 0.462. The molecule has 3 aromatic heterocycles. The highest BCUT2D eigenvalue weighted by Crippen LogP contribution is 2.09. The third kappa shape index (κ3) is 5.56. The van der Waals surface area contributed by atoms with Gasteiger partial charge in [-0.3, -0.25) is 0 Å². The largest absolute Gasteiger partial charge is 0.357 e. The van der Waals surface area contributed by atoms with Gasteiger partial charge in [0, 0.05) is 51.1 Å². The van der Waals surface area contributed by atoms with Crippen LogP contribution in [0.2, 0.25) is 0 Å². The molecule has 0 radical (unpaired) electrons. The first kappa shape index (κ1) is 20.9. The van der Waals surface area contributed by atoms with Gasteiger partial charge in [-0.25, -0.2) is 14.7 Å². The van der Waals surface area contributed by atoms with E-state index in [2.05, 4.69) is 64.2 Å². The lowest BCUT2D eigenvalue weighted by atomic mass is 10.2. The van der Waals surface area contributed by atoms with Gasteiger partial charge in [0.15, 0.2) is 11.8 Å². The molecule has 3 rings (SSSR count). The van der Waals surface area contributed by atoms with Crippen molar-refractivity contribution in [3.8, 4) is 5.82 Å². The monoisotopic (exact) mass is 479 g/mol. The number of hydrogen-bond donors (Lipinski definition) is 1. The van der Waals surface area contributed by atoms with Crippen LogP contribution in [-0.2, 0) is 20.1 Å². The van der Waals surface area contributed by atoms with Crippen molar-refractivity contribution in [2.24, 2.45) is 12.0 Å². The average molecular weight is 479 g/mol. The first-order valence-corrected chi connectivity index (χ1v) is 8.72. The predicted molar refractivity (Wildman–Crippen MR) is 118 cm³/mol. The van der Waals surface area contributed by atoms with Crippen molar-refractivity contribution >= 4 is 29.9 Å². The molecule has 0 saturated heterocycles. The minimum Gasteiger partial charge on any atom is -0.357 e. The molecule has 7 nitrogen and oxygen atoms in total. The van der Waals surface area contributed by atoms with Gasteiger partial charge in [0.25, 0.3) is 0 Å². The summed E-state index contributed by atoms with van der Waals surface area (Å²) in [5.41, 5.74) is 2.33. The van der Waals surface area contributed by atoms with E-state index in [1.165, 1.54) is 5.69 Å². The van der Waals surface area contributed by atoms with E-state index in [0.717, 1.165) is 30.4 Å². The van der Waals surface area contributed by atoms with Crippen LogP contribution in [-0.4, -0.2) is 43.8 Å². The van der Waals surface area contributed by atoms with Gasteiger partial charge in [-0.2, -0.15) is 5.10 Å². The van der Waals surface area contributed by atoms with Crippen LogP contribution in [0.25, 0.3) is 5.82 Å². The Morgan fingerprint density at radius 3 is 2.74 bits per heavy atom. The second kappa shape index (κ2) is 10.1. The van der Waals surface area contributed by atoms with Gasteiger partial charge in [0.2, 0.25) is 0 Å². The Labute approximate surface area is 177 Å². The van der Waals surface area contributed by atoms with Crippen molar-refractivity contribution < 1.29 is 0 Å². The minimum atomic E-state index is 0. The summed E-state index contributed by atoms with van der Waals surface area (Å²) in [7, 11) is 4.11. The SMILES string of the molecule is CCNC(=NCc1ccnc(-n2cccn2)c1)N(C)Cc1cccn1C.I. The minimum absolute atomic E-state index is 0. The molecule has 0 saturated carbocycles. The topological polar surface area (TPSA) is 63.3 Å². The van der Waals surface area contributed by atoms with Crippen molar-refractivity contribution in [1.82, 2.24) is 29.5 Å². The first-order valence-electron chi connectivity index (χ1n) is 8.72. The number of aliphatic imine (C=N–C) groups is 1. The van der Waals surface area contributed by atoms with Gasteiger partial charge in [0.05, 0.1) is 13.1 Å². The lowest BCUT2D eigenvalue weighted by Crippen LogP contribution is -2.38. The van der Waals surface area contributed by atoms with E-state index in [4.69, 9.17) is 4.99 Å². The van der Waals surface area contributed by atoms with Crippen LogP contribution < -0.4 is 5.32 Å². The maximum atomic E-state index is 4.78. The molecule has 0 aromatic carbocycles. The molecule has 3 aromatic rings. The summed E-state index contributed by atoms with van der Waals surface area (Å²) in [5.74, 6) is 1.68. The van der Waals surface area contributed by atoms with Crippen LogP contribution in [0, 0.1) is 0 Å². The highest BCUT2D eigenvalue weighted by Gasteiger charge is 2.08. The van der Waals surface area contributed by atoms with Gasteiger partial charge in [-0.1, -0.05) is 0 Å². The fraction of sp³-hybridized carbons (Fsp3) is 0.316. The van der Waals surface area contributed by atoms with Gasteiger partial charge < -0.3 is 14.8 Å². The maximum Gasteiger partial charge on any atom is 0.194 e. The standard InChI is InChI=1S/C19H25N7.HI/c1-4-20-19(25(3)15-17-7-5-11-24(17)2)22-14-16-8-10-21-18(13-16)26-12-6-9-23-26;/h5-13H,4,14-15H2,1-3H3,(H,20,22);1H. The lowest BCUT2D eigenvalue weighted by Gasteiger charge is -2.22. The summed E-state index contributed by atoms with van der Waals surface area (Å²) < 4.78 is 3.87. The molecule has 0 bridgehead atoms. The second-order valence-electron chi connectivity index (χ2n) is 6.11. The van der Waals surface area contributed by atoms with Gasteiger partial charge >= 0.3 is 0 Å². The van der Waals surface area contributed by atoms with Crippen molar-refractivity contribution in [2.75, 3.05) is 13.6 Å². The van der Waals surface area contributed by atoms with Crippen molar-refractivity contribution in [3.63, 3.8) is 0 Å². The van der Waals surface area contributed by atoms with Crippen LogP contribution in [0.3, 0.4) is 0 Å². The summed E-state index contributed by atoms with van der Waals surface area (Å²) in [6.45, 7) is 4.28. The third-order valence-corrected chi connectivity index (χ3v) is 4.11. The zero-order valence-electron chi connectivity index (χ0n) is 15.9. The van der Waals surface area contributed by atoms with Gasteiger partial charge in [0.1, 0.15) is 0 Å². The van der Waals surface area contributed by atoms with Crippen LogP contribution in [0.5, 0.6) is 0 Å². The number of hydrogen-bond acceptors (Lipinski definition) is 3. The Kier molecular flexibility index (Phi) is 7.83. The highest BCUT2D eigenvalue weighted by molar-refractivity contribution is 14.0. The third-order valence-electron chi connectivity index (χ3n) is 4.11. The predicted octanol–water partition coefficient (Wildman–Crippen LogP) is 2.82. The van der Waals surface area contributed by atoms with Gasteiger partial charge in [-0.05, 0) is 42.8 Å². The number of aromatic nitrogens is 4. The van der Waals surface area contributed by atoms with E-state index in [0.29, 0.717) is 6.54 Å². The Morgan fingerprint density at radius 2 is 2.07 bits per heavy atom. The van der Waals surface area contributed by atoms with E-state index in [9.17, 15) is 0 Å². The number of nitrogens with zero attached hydrogens (tertiary/aromatic N) is 6. The zero-order valence-corrected chi connectivity index (χ0v) is 18.2. The van der Waals surface area contributed by atoms with Crippen molar-refractivity contribution in [1.29, 1.82) is 0 Å². The van der Waals surface area contributed by atoms with E-state index in [1.54, 1.807) is 17.1 Å². The molecule has 0 unspecified atom stereocenters. The Bertz CT molecular complexity index is 855. The van der Waals surface area contributed by atoms with Crippen LogP contribution >= 0.6 is 24.0 Å². The first-order chi connectivity index (χ1) is 12.7. The molecule has 1 N–H and O–H groups in total. The molecule has 0 aliphatic rings. The molecule has 3 heterocycles. The fourth-order valence-corrected chi connectivity index (χ4v) is 2.70. The van der Waals surface area contributed by atoms with Crippen LogP contribution in [0.4, 0.5) is 0 Å². The molecule has 27 heavy (non-hydrogen) atoms. The molecule has 144 valence electrons. The zero-order chi connectivity index (χ0) is 18.4. The Balaban J connectivity index is 0.00000261. The van der Waals surface area contributed by atoms with E-state index in [1.807, 2.05) is 24.4 Å². The molecule has 0 aliphatic heterocycles.